The Hall–Kier alpha value is 0. The summed E-state index contributed by atoms with van der Waals surface area (Å²) in [5.74, 6) is 3.00. The van der Waals surface area contributed by atoms with Gasteiger partial charge in [-0.05, 0) is 37.5 Å². The molecule has 0 heteroatoms. The van der Waals surface area contributed by atoms with Crippen molar-refractivity contribution in [3.63, 3.8) is 0 Å². The average Bonchev–Trinajstić information content (AvgIpc) is 2.88. The van der Waals surface area contributed by atoms with E-state index < -0.39 is 0 Å². The first-order valence-corrected chi connectivity index (χ1v) is 17.8. The zero-order valence-corrected chi connectivity index (χ0v) is 25.1. The minimum absolute atomic E-state index is 0.968. The summed E-state index contributed by atoms with van der Waals surface area (Å²) >= 11 is 0. The lowest BCUT2D eigenvalue weighted by Crippen LogP contribution is -2.14. The standard InChI is InChI=1S/C36H69/c1-2-4-7-11-15-19-23-27-31-35(32-28-24-20-16-12-8-5-3-1)36-33-29-25-21-17-13-9-6-10-14-18-22-26-30-34-36/h36H,1-34H2. The van der Waals surface area contributed by atoms with Gasteiger partial charge in [-0.15, -0.1) is 0 Å². The van der Waals surface area contributed by atoms with Crippen molar-refractivity contribution in [1.29, 1.82) is 0 Å². The molecule has 0 atom stereocenters. The van der Waals surface area contributed by atoms with Crippen molar-refractivity contribution < 1.29 is 0 Å². The molecule has 1 radical (unpaired) electrons. The second-order valence-electron chi connectivity index (χ2n) is 13.0. The third-order valence-electron chi connectivity index (χ3n) is 9.68. The summed E-state index contributed by atoms with van der Waals surface area (Å²) in [6, 6.07) is 0. The average molecular weight is 502 g/mol. The van der Waals surface area contributed by atoms with Crippen LogP contribution in [0.1, 0.15) is 218 Å². The summed E-state index contributed by atoms with van der Waals surface area (Å²) < 4.78 is 0. The van der Waals surface area contributed by atoms with Crippen LogP contribution in [0.25, 0.3) is 0 Å². The molecule has 0 aromatic rings. The topological polar surface area (TPSA) is 0 Å². The first-order chi connectivity index (χ1) is 18.0. The summed E-state index contributed by atoms with van der Waals surface area (Å²) in [4.78, 5) is 0. The van der Waals surface area contributed by atoms with Crippen LogP contribution in [0.2, 0.25) is 0 Å². The first kappa shape index (κ1) is 32.2. The minimum Gasteiger partial charge on any atom is -0.0533 e. The Kier molecular flexibility index (Phi) is 22.6. The molecule has 0 heterocycles. The molecule has 0 spiro atoms. The molecule has 2 fully saturated rings. The van der Waals surface area contributed by atoms with Crippen LogP contribution in [0.3, 0.4) is 0 Å². The fourth-order valence-electron chi connectivity index (χ4n) is 7.17. The molecular weight excluding hydrogens is 432 g/mol. The third kappa shape index (κ3) is 19.1. The van der Waals surface area contributed by atoms with E-state index in [0.717, 1.165) is 5.92 Å². The van der Waals surface area contributed by atoms with Crippen LogP contribution < -0.4 is 0 Å². The van der Waals surface area contributed by atoms with Gasteiger partial charge in [0.2, 0.25) is 0 Å². The number of hydrogen-bond donors (Lipinski definition) is 0. The SMILES string of the molecule is C1CCCCCCCCC[C](C2CCCCCCCCCCCCCCC2)CCCCCCCCC1. The van der Waals surface area contributed by atoms with Crippen LogP contribution in [0.15, 0.2) is 0 Å². The summed E-state index contributed by atoms with van der Waals surface area (Å²) in [5, 5.41) is 0. The Morgan fingerprint density at radius 3 is 0.667 bits per heavy atom. The molecule has 0 nitrogen and oxygen atoms in total. The van der Waals surface area contributed by atoms with Crippen LogP contribution in [0.4, 0.5) is 0 Å². The highest BCUT2D eigenvalue weighted by molar-refractivity contribution is 4.96. The molecular formula is C36H69. The van der Waals surface area contributed by atoms with E-state index in [4.69, 9.17) is 0 Å². The Balaban J connectivity index is 1.82. The summed E-state index contributed by atoms with van der Waals surface area (Å²) in [7, 11) is 0. The van der Waals surface area contributed by atoms with E-state index in [1.165, 1.54) is 218 Å². The van der Waals surface area contributed by atoms with Crippen LogP contribution >= 0.6 is 0 Å². The van der Waals surface area contributed by atoms with Crippen LogP contribution in [0, 0.1) is 11.8 Å². The zero-order chi connectivity index (χ0) is 25.2. The van der Waals surface area contributed by atoms with Crippen LogP contribution in [-0.2, 0) is 0 Å². The van der Waals surface area contributed by atoms with Crippen molar-refractivity contribution in [2.75, 3.05) is 0 Å². The van der Waals surface area contributed by atoms with Crippen LogP contribution in [-0.4, -0.2) is 0 Å². The van der Waals surface area contributed by atoms with E-state index in [9.17, 15) is 0 Å². The Morgan fingerprint density at radius 2 is 0.417 bits per heavy atom. The largest absolute Gasteiger partial charge is 0.0533 e. The maximum Gasteiger partial charge on any atom is -0.0210 e. The minimum atomic E-state index is 0.968. The fraction of sp³-hybridized carbons (Fsp3) is 0.972. The molecule has 0 saturated heterocycles. The predicted molar refractivity (Wildman–Crippen MR) is 164 cm³/mol. The molecule has 213 valence electrons. The van der Waals surface area contributed by atoms with Crippen molar-refractivity contribution in [2.24, 2.45) is 5.92 Å². The normalized spacial score (nSPS) is 25.7. The number of hydrogen-bond acceptors (Lipinski definition) is 0. The highest BCUT2D eigenvalue weighted by Crippen LogP contribution is 2.35. The summed E-state index contributed by atoms with van der Waals surface area (Å²) in [5.41, 5.74) is 0. The molecule has 2 saturated carbocycles. The van der Waals surface area contributed by atoms with Crippen molar-refractivity contribution in [3.8, 4) is 0 Å². The fourth-order valence-corrected chi connectivity index (χ4v) is 7.17. The highest BCUT2D eigenvalue weighted by Gasteiger charge is 2.21. The number of rotatable bonds is 1. The van der Waals surface area contributed by atoms with E-state index >= 15 is 0 Å². The van der Waals surface area contributed by atoms with Gasteiger partial charge in [0.1, 0.15) is 0 Å². The third-order valence-corrected chi connectivity index (χ3v) is 9.68. The van der Waals surface area contributed by atoms with Gasteiger partial charge in [0.25, 0.3) is 0 Å². The smallest absolute Gasteiger partial charge is 0.0210 e. The lowest BCUT2D eigenvalue weighted by Gasteiger charge is -2.28. The molecule has 0 amide bonds. The predicted octanol–water partition coefficient (Wildman–Crippen LogP) is 13.5. The molecule has 0 aliphatic heterocycles. The Morgan fingerprint density at radius 1 is 0.222 bits per heavy atom. The van der Waals surface area contributed by atoms with E-state index in [1.807, 2.05) is 5.92 Å². The highest BCUT2D eigenvalue weighted by atomic mass is 14.3. The van der Waals surface area contributed by atoms with E-state index in [1.54, 1.807) is 0 Å². The summed E-state index contributed by atoms with van der Waals surface area (Å²) in [6.45, 7) is 0. The van der Waals surface area contributed by atoms with Gasteiger partial charge in [-0.25, -0.2) is 0 Å². The van der Waals surface area contributed by atoms with E-state index in [-0.39, 0.29) is 0 Å². The van der Waals surface area contributed by atoms with Gasteiger partial charge in [-0.3, -0.25) is 0 Å². The molecule has 2 rings (SSSR count). The van der Waals surface area contributed by atoms with E-state index in [0.29, 0.717) is 0 Å². The van der Waals surface area contributed by atoms with Crippen molar-refractivity contribution >= 4 is 0 Å². The van der Waals surface area contributed by atoms with Gasteiger partial charge < -0.3 is 0 Å². The molecule has 0 aromatic heterocycles. The lowest BCUT2D eigenvalue weighted by molar-refractivity contribution is 0.369. The summed E-state index contributed by atoms with van der Waals surface area (Å²) in [6.07, 6.45) is 51.0. The quantitative estimate of drug-likeness (QED) is 0.335. The van der Waals surface area contributed by atoms with Crippen LogP contribution in [0.5, 0.6) is 0 Å². The molecule has 0 aromatic carbocycles. The van der Waals surface area contributed by atoms with Gasteiger partial charge in [0.05, 0.1) is 0 Å². The zero-order valence-electron chi connectivity index (χ0n) is 25.1. The Labute approximate surface area is 230 Å². The molecule has 36 heavy (non-hydrogen) atoms. The first-order valence-electron chi connectivity index (χ1n) is 17.8. The van der Waals surface area contributed by atoms with E-state index in [2.05, 4.69) is 0 Å². The molecule has 2 aliphatic rings. The maximum atomic E-state index is 2.03. The molecule has 2 aliphatic carbocycles. The Bertz CT molecular complexity index is 390. The monoisotopic (exact) mass is 502 g/mol. The molecule has 0 bridgehead atoms. The second kappa shape index (κ2) is 25.3. The maximum absolute atomic E-state index is 2.03. The van der Waals surface area contributed by atoms with Crippen molar-refractivity contribution in [1.82, 2.24) is 0 Å². The molecule has 0 unspecified atom stereocenters. The van der Waals surface area contributed by atoms with Gasteiger partial charge >= 0.3 is 0 Å². The van der Waals surface area contributed by atoms with Gasteiger partial charge in [0.15, 0.2) is 0 Å². The van der Waals surface area contributed by atoms with Crippen molar-refractivity contribution in [2.45, 2.75) is 218 Å². The van der Waals surface area contributed by atoms with Gasteiger partial charge in [-0.1, -0.05) is 193 Å². The molecule has 0 N–H and O–H groups in total. The lowest BCUT2D eigenvalue weighted by atomic mass is 9.78. The van der Waals surface area contributed by atoms with Crippen molar-refractivity contribution in [3.05, 3.63) is 5.92 Å². The van der Waals surface area contributed by atoms with Gasteiger partial charge in [-0.2, -0.15) is 0 Å². The second-order valence-corrected chi connectivity index (χ2v) is 13.0. The van der Waals surface area contributed by atoms with Gasteiger partial charge in [0, 0.05) is 0 Å².